The van der Waals surface area contributed by atoms with Crippen LogP contribution in [0.3, 0.4) is 0 Å². The van der Waals surface area contributed by atoms with Crippen LogP contribution in [0.5, 0.6) is 0 Å². The van der Waals surface area contributed by atoms with Gasteiger partial charge >= 0.3 is 11.9 Å². The van der Waals surface area contributed by atoms with E-state index >= 15 is 0 Å². The highest BCUT2D eigenvalue weighted by molar-refractivity contribution is 5.89. The number of carboxylic acids is 2. The van der Waals surface area contributed by atoms with Crippen molar-refractivity contribution in [3.8, 4) is 0 Å². The fourth-order valence-corrected chi connectivity index (χ4v) is 0.794. The number of hydrogen-bond acceptors (Lipinski definition) is 6. The Hall–Kier alpha value is -1.93. The van der Waals surface area contributed by atoms with Crippen molar-refractivity contribution in [3.63, 3.8) is 0 Å². The quantitative estimate of drug-likeness (QED) is 0.306. The zero-order valence-corrected chi connectivity index (χ0v) is 12.7. The van der Waals surface area contributed by atoms with Gasteiger partial charge in [0.05, 0.1) is 6.21 Å². The Morgan fingerprint density at radius 3 is 2.05 bits per heavy atom. The molecule has 0 fully saturated rings. The Kier molecular flexibility index (Phi) is 12.1. The highest BCUT2D eigenvalue weighted by Gasteiger charge is 2.10. The second-order valence-corrected chi connectivity index (χ2v) is 4.88. The van der Waals surface area contributed by atoms with Crippen LogP contribution in [0.25, 0.3) is 0 Å². The largest absolute Gasteiger partial charge is 0.478 e. The summed E-state index contributed by atoms with van der Waals surface area (Å²) in [5.74, 6) is -2.51. The summed E-state index contributed by atoms with van der Waals surface area (Å²) in [6, 6.07) is 0. The minimum Gasteiger partial charge on any atom is -0.478 e. The van der Waals surface area contributed by atoms with Crippen LogP contribution >= 0.6 is 0 Å². The van der Waals surface area contributed by atoms with Crippen LogP contribution in [0.15, 0.2) is 17.3 Å². The number of hydrogen-bond donors (Lipinski definition) is 4. The van der Waals surface area contributed by atoms with Crippen LogP contribution in [0.1, 0.15) is 27.7 Å². The van der Waals surface area contributed by atoms with Crippen molar-refractivity contribution in [1.82, 2.24) is 5.32 Å². The Morgan fingerprint density at radius 1 is 1.24 bits per heavy atom. The van der Waals surface area contributed by atoms with E-state index in [0.717, 1.165) is 0 Å². The summed E-state index contributed by atoms with van der Waals surface area (Å²) in [5.41, 5.74) is 0.0143. The number of aliphatic carboxylic acids is 2. The highest BCUT2D eigenvalue weighted by atomic mass is 16.6. The van der Waals surface area contributed by atoms with E-state index in [-0.39, 0.29) is 5.54 Å². The summed E-state index contributed by atoms with van der Waals surface area (Å²) in [5, 5.41) is 31.7. The molecule has 0 heterocycles. The van der Waals surface area contributed by atoms with Crippen molar-refractivity contribution in [2.45, 2.75) is 39.3 Å². The minimum absolute atomic E-state index is 0.0143. The Bertz CT molecular complexity index is 344. The first-order valence-corrected chi connectivity index (χ1v) is 6.31. The van der Waals surface area contributed by atoms with Gasteiger partial charge in [0.15, 0.2) is 0 Å². The molecule has 0 bridgehead atoms. The van der Waals surface area contributed by atoms with Crippen LogP contribution in [0.4, 0.5) is 0 Å². The number of nitrogens with one attached hydrogen (secondary N) is 1. The third-order valence-corrected chi connectivity index (χ3v) is 1.65. The number of carbonyl (C=O) groups is 2. The lowest BCUT2D eigenvalue weighted by Gasteiger charge is -2.21. The van der Waals surface area contributed by atoms with E-state index in [0.29, 0.717) is 25.3 Å². The van der Waals surface area contributed by atoms with Gasteiger partial charge in [-0.1, -0.05) is 5.16 Å². The second kappa shape index (κ2) is 11.9. The molecule has 4 N–H and O–H groups in total. The molecule has 8 nitrogen and oxygen atoms in total. The van der Waals surface area contributed by atoms with Crippen LogP contribution in [0.2, 0.25) is 0 Å². The number of aliphatic hydroxyl groups is 1. The van der Waals surface area contributed by atoms with Crippen LogP contribution in [0, 0.1) is 0 Å². The van der Waals surface area contributed by atoms with Gasteiger partial charge in [0.1, 0.15) is 12.7 Å². The number of β-amino-alcohol motifs (C(OH)–C–C–N with tert-alkyl or cyclic N) is 1. The average molecular weight is 304 g/mol. The maximum Gasteiger partial charge on any atom is 0.328 e. The third-order valence-electron chi connectivity index (χ3n) is 1.65. The van der Waals surface area contributed by atoms with E-state index in [4.69, 9.17) is 15.1 Å². The molecular formula is C13H24N2O6. The van der Waals surface area contributed by atoms with Gasteiger partial charge in [-0.3, -0.25) is 0 Å². The fourth-order valence-electron chi connectivity index (χ4n) is 0.794. The Labute approximate surface area is 124 Å². The molecule has 0 saturated carbocycles. The lowest BCUT2D eigenvalue weighted by atomic mass is 10.1. The molecule has 1 atom stereocenters. The van der Waals surface area contributed by atoms with Gasteiger partial charge in [-0.15, -0.1) is 0 Å². The zero-order valence-electron chi connectivity index (χ0n) is 12.7. The van der Waals surface area contributed by atoms with Gasteiger partial charge in [0.25, 0.3) is 0 Å². The molecule has 0 aliphatic heterocycles. The number of aliphatic hydroxyl groups excluding tert-OH is 1. The summed E-state index contributed by atoms with van der Waals surface area (Å²) >= 11 is 0. The maximum absolute atomic E-state index is 9.55. The van der Waals surface area contributed by atoms with Crippen molar-refractivity contribution < 1.29 is 29.7 Å². The maximum atomic E-state index is 9.55. The standard InChI is InChI=1S/C9H20N2O2.C4H4O4/c1-5-13-11-7-8(12)6-10-9(2,3)4;5-3(6)1-2-4(7)8/h7-8,10,12H,5-6H2,1-4H3;1-2H,(H,5,6)(H,7,8)/b11-7+;2-1+. The molecule has 0 aromatic heterocycles. The van der Waals surface area contributed by atoms with Crippen LogP contribution < -0.4 is 5.32 Å². The Morgan fingerprint density at radius 2 is 1.71 bits per heavy atom. The molecule has 0 aliphatic rings. The summed E-state index contributed by atoms with van der Waals surface area (Å²) in [7, 11) is 0. The Balaban J connectivity index is 0. The van der Waals surface area contributed by atoms with Gasteiger partial charge in [-0.25, -0.2) is 9.59 Å². The van der Waals surface area contributed by atoms with E-state index in [2.05, 4.69) is 10.5 Å². The molecule has 0 radical (unpaired) electrons. The molecule has 0 amide bonds. The van der Waals surface area contributed by atoms with Gasteiger partial charge in [0.2, 0.25) is 0 Å². The topological polar surface area (TPSA) is 128 Å². The molecule has 0 aromatic carbocycles. The first kappa shape index (κ1) is 21.4. The average Bonchev–Trinajstić information content (AvgIpc) is 2.34. The number of oxime groups is 1. The van der Waals surface area contributed by atoms with Crippen molar-refractivity contribution in [1.29, 1.82) is 0 Å². The molecule has 8 heteroatoms. The predicted octanol–water partition coefficient (Wildman–Crippen LogP) is 0.470. The van der Waals surface area contributed by atoms with Gasteiger partial charge in [-0.05, 0) is 27.7 Å². The zero-order chi connectivity index (χ0) is 16.9. The number of nitrogens with zero attached hydrogens (tertiary/aromatic N) is 1. The smallest absolute Gasteiger partial charge is 0.328 e. The molecule has 21 heavy (non-hydrogen) atoms. The lowest BCUT2D eigenvalue weighted by Crippen LogP contribution is -2.41. The minimum atomic E-state index is -1.26. The summed E-state index contributed by atoms with van der Waals surface area (Å²) in [6.07, 6.45) is 1.91. The first-order chi connectivity index (χ1) is 9.58. The second-order valence-electron chi connectivity index (χ2n) is 4.88. The lowest BCUT2D eigenvalue weighted by molar-refractivity contribution is -0.134. The van der Waals surface area contributed by atoms with Crippen molar-refractivity contribution in [2.24, 2.45) is 5.16 Å². The van der Waals surface area contributed by atoms with Gasteiger partial charge in [0, 0.05) is 24.2 Å². The highest BCUT2D eigenvalue weighted by Crippen LogP contribution is 1.97. The van der Waals surface area contributed by atoms with Crippen LogP contribution in [-0.4, -0.2) is 58.3 Å². The normalized spacial score (nSPS) is 12.8. The SMILES string of the molecule is CCO/N=C/C(O)CNC(C)(C)C.O=C(O)/C=C/C(=O)O. The number of rotatable bonds is 7. The third kappa shape index (κ3) is 23.6. The number of carboxylic acid groups (broad SMARTS) is 2. The van der Waals surface area contributed by atoms with Crippen molar-refractivity contribution in [2.75, 3.05) is 13.2 Å². The summed E-state index contributed by atoms with van der Waals surface area (Å²) < 4.78 is 0. The fraction of sp³-hybridized carbons (Fsp3) is 0.615. The van der Waals surface area contributed by atoms with Gasteiger partial charge in [-0.2, -0.15) is 0 Å². The van der Waals surface area contributed by atoms with E-state index in [1.54, 1.807) is 0 Å². The molecule has 0 saturated heterocycles. The van der Waals surface area contributed by atoms with E-state index < -0.39 is 18.0 Å². The van der Waals surface area contributed by atoms with E-state index in [1.807, 2.05) is 27.7 Å². The van der Waals surface area contributed by atoms with Crippen molar-refractivity contribution in [3.05, 3.63) is 12.2 Å². The van der Waals surface area contributed by atoms with E-state index in [1.165, 1.54) is 6.21 Å². The predicted molar refractivity (Wildman–Crippen MR) is 78.3 cm³/mol. The molecule has 1 unspecified atom stereocenters. The summed E-state index contributed by atoms with van der Waals surface area (Å²) in [6.45, 7) is 8.98. The molecular weight excluding hydrogens is 280 g/mol. The molecule has 0 aromatic rings. The van der Waals surface area contributed by atoms with Gasteiger partial charge < -0.3 is 25.5 Å². The summed E-state index contributed by atoms with van der Waals surface area (Å²) in [4.78, 5) is 23.8. The van der Waals surface area contributed by atoms with E-state index in [9.17, 15) is 14.7 Å². The molecule has 122 valence electrons. The molecule has 0 aliphatic carbocycles. The molecule has 0 rings (SSSR count). The monoisotopic (exact) mass is 304 g/mol. The first-order valence-electron chi connectivity index (χ1n) is 6.31. The van der Waals surface area contributed by atoms with Crippen molar-refractivity contribution >= 4 is 18.2 Å². The molecule has 0 spiro atoms. The van der Waals surface area contributed by atoms with Crippen LogP contribution in [-0.2, 0) is 14.4 Å².